The Morgan fingerprint density at radius 2 is 1.41 bits per heavy atom. The number of nitrogens with zero attached hydrogens (tertiary/aromatic N) is 3. The molecule has 1 unspecified atom stereocenters. The first-order chi connectivity index (χ1) is 13.8. The van der Waals surface area contributed by atoms with Gasteiger partial charge in [-0.15, -0.1) is 5.10 Å². The van der Waals surface area contributed by atoms with Gasteiger partial charge in [0, 0.05) is 6.42 Å². The molecule has 4 nitrogen and oxygen atoms in total. The second kappa shape index (κ2) is 8.31. The summed E-state index contributed by atoms with van der Waals surface area (Å²) < 4.78 is 9.20. The summed E-state index contributed by atoms with van der Waals surface area (Å²) in [6, 6.07) is 18.5. The van der Waals surface area contributed by atoms with Gasteiger partial charge in [0.25, 0.3) is 0 Å². The van der Waals surface area contributed by atoms with Crippen molar-refractivity contribution in [3.8, 4) is 5.75 Å². The second-order valence-corrected chi connectivity index (χ2v) is 15.1. The first-order valence-electron chi connectivity index (χ1n) is 10.9. The average molecular weight is 410 g/mol. The van der Waals surface area contributed by atoms with Crippen molar-refractivity contribution in [3.05, 3.63) is 54.6 Å². The standard InChI is InChI=1S/C24H35N3OSi/c1-8-24(28-21-14-10-9-11-15-21,29(18(2)3,19(4)5)20(6)7)27-23-17-13-12-16-22(23)25-26-27/h9-20H,8H2,1-7H3. The highest BCUT2D eigenvalue weighted by molar-refractivity contribution is 6.85. The Morgan fingerprint density at radius 3 is 1.97 bits per heavy atom. The molecular weight excluding hydrogens is 374 g/mol. The number of benzene rings is 2. The molecule has 2 aromatic carbocycles. The van der Waals surface area contributed by atoms with E-state index in [4.69, 9.17) is 9.95 Å². The van der Waals surface area contributed by atoms with Gasteiger partial charge in [-0.25, -0.2) is 4.68 Å². The van der Waals surface area contributed by atoms with E-state index < -0.39 is 13.4 Å². The predicted octanol–water partition coefficient (Wildman–Crippen LogP) is 6.79. The van der Waals surface area contributed by atoms with Crippen LogP contribution in [0.25, 0.3) is 11.0 Å². The molecule has 0 saturated heterocycles. The largest absolute Gasteiger partial charge is 0.470 e. The van der Waals surface area contributed by atoms with Crippen LogP contribution in [0.5, 0.6) is 5.75 Å². The highest BCUT2D eigenvalue weighted by atomic mass is 28.3. The Kier molecular flexibility index (Phi) is 6.18. The Balaban J connectivity index is 2.39. The molecule has 0 radical (unpaired) electrons. The molecule has 29 heavy (non-hydrogen) atoms. The highest BCUT2D eigenvalue weighted by Gasteiger charge is 2.62. The van der Waals surface area contributed by atoms with Crippen molar-refractivity contribution in [3.63, 3.8) is 0 Å². The summed E-state index contributed by atoms with van der Waals surface area (Å²) in [7, 11) is -2.17. The fraction of sp³-hybridized carbons (Fsp3) is 0.500. The molecule has 0 N–H and O–H groups in total. The first kappa shape index (κ1) is 21.6. The van der Waals surface area contributed by atoms with Gasteiger partial charge in [-0.2, -0.15) is 0 Å². The molecule has 1 atom stereocenters. The first-order valence-corrected chi connectivity index (χ1v) is 13.1. The maximum Gasteiger partial charge on any atom is 0.186 e. The molecule has 0 spiro atoms. The van der Waals surface area contributed by atoms with Crippen molar-refractivity contribution in [1.82, 2.24) is 15.0 Å². The number of para-hydroxylation sites is 2. The van der Waals surface area contributed by atoms with Crippen molar-refractivity contribution in [1.29, 1.82) is 0 Å². The van der Waals surface area contributed by atoms with E-state index in [2.05, 4.69) is 82.5 Å². The molecule has 0 aliphatic carbocycles. The molecule has 0 aliphatic rings. The topological polar surface area (TPSA) is 39.9 Å². The summed E-state index contributed by atoms with van der Waals surface area (Å²) >= 11 is 0. The number of aromatic nitrogens is 3. The normalized spacial score (nSPS) is 14.7. The van der Waals surface area contributed by atoms with Crippen LogP contribution in [0.2, 0.25) is 16.6 Å². The molecule has 3 aromatic rings. The van der Waals surface area contributed by atoms with Gasteiger partial charge in [0.1, 0.15) is 19.3 Å². The average Bonchev–Trinajstić information content (AvgIpc) is 3.12. The molecule has 0 bridgehead atoms. The van der Waals surface area contributed by atoms with Crippen molar-refractivity contribution in [2.24, 2.45) is 0 Å². The molecule has 0 amide bonds. The van der Waals surface area contributed by atoms with Crippen LogP contribution in [0.1, 0.15) is 54.9 Å². The third-order valence-corrected chi connectivity index (χ3v) is 14.5. The van der Waals surface area contributed by atoms with E-state index in [1.165, 1.54) is 0 Å². The van der Waals surface area contributed by atoms with Gasteiger partial charge in [-0.3, -0.25) is 0 Å². The fourth-order valence-electron chi connectivity index (χ4n) is 6.02. The molecule has 0 saturated carbocycles. The van der Waals surface area contributed by atoms with Gasteiger partial charge >= 0.3 is 0 Å². The Hall–Kier alpha value is -2.14. The number of rotatable bonds is 8. The fourth-order valence-corrected chi connectivity index (χ4v) is 14.2. The van der Waals surface area contributed by atoms with Crippen molar-refractivity contribution < 1.29 is 4.74 Å². The van der Waals surface area contributed by atoms with E-state index in [-0.39, 0.29) is 0 Å². The van der Waals surface area contributed by atoms with Gasteiger partial charge < -0.3 is 4.74 Å². The third kappa shape index (κ3) is 3.29. The second-order valence-electron chi connectivity index (χ2n) is 8.94. The van der Waals surface area contributed by atoms with E-state index >= 15 is 0 Å². The maximum atomic E-state index is 7.08. The lowest BCUT2D eigenvalue weighted by atomic mass is 10.3. The lowest BCUT2D eigenvalue weighted by molar-refractivity contribution is 0.0451. The Bertz CT molecular complexity index is 914. The van der Waals surface area contributed by atoms with Crippen molar-refractivity contribution in [2.75, 3.05) is 0 Å². The molecule has 0 aliphatic heterocycles. The van der Waals surface area contributed by atoms with Gasteiger partial charge in [-0.05, 0) is 40.9 Å². The van der Waals surface area contributed by atoms with E-state index in [0.29, 0.717) is 16.6 Å². The minimum absolute atomic E-state index is 0.508. The minimum Gasteiger partial charge on any atom is -0.470 e. The Morgan fingerprint density at radius 1 is 0.862 bits per heavy atom. The zero-order valence-corrected chi connectivity index (χ0v) is 19.9. The summed E-state index contributed by atoms with van der Waals surface area (Å²) in [4.78, 5) is 0. The maximum absolute atomic E-state index is 7.08. The van der Waals surface area contributed by atoms with Crippen molar-refractivity contribution in [2.45, 2.75) is 76.9 Å². The van der Waals surface area contributed by atoms with E-state index in [9.17, 15) is 0 Å². The van der Waals surface area contributed by atoms with Gasteiger partial charge in [0.05, 0.1) is 5.52 Å². The molecule has 0 fully saturated rings. The molecule has 156 valence electrons. The highest BCUT2D eigenvalue weighted by Crippen LogP contribution is 2.53. The lowest BCUT2D eigenvalue weighted by Gasteiger charge is -2.55. The zero-order valence-electron chi connectivity index (χ0n) is 18.9. The van der Waals surface area contributed by atoms with Crippen LogP contribution in [-0.2, 0) is 5.35 Å². The third-order valence-electron chi connectivity index (χ3n) is 6.75. The molecule has 1 heterocycles. The van der Waals surface area contributed by atoms with Gasteiger partial charge in [0.15, 0.2) is 5.35 Å². The molecule has 1 aromatic heterocycles. The van der Waals surface area contributed by atoms with Crippen LogP contribution in [0.3, 0.4) is 0 Å². The molecule has 5 heteroatoms. The van der Waals surface area contributed by atoms with Crippen LogP contribution in [-0.4, -0.2) is 23.1 Å². The van der Waals surface area contributed by atoms with Crippen LogP contribution < -0.4 is 4.74 Å². The minimum atomic E-state index is -2.17. The summed E-state index contributed by atoms with van der Waals surface area (Å²) in [5.41, 5.74) is 3.49. The quantitative estimate of drug-likeness (QED) is 0.384. The molecular formula is C24H35N3OSi. The lowest BCUT2D eigenvalue weighted by Crippen LogP contribution is -2.68. The number of ether oxygens (including phenoxy) is 1. The van der Waals surface area contributed by atoms with Gasteiger partial charge in [-0.1, -0.05) is 84.0 Å². The van der Waals surface area contributed by atoms with Crippen LogP contribution in [0, 0.1) is 0 Å². The summed E-state index contributed by atoms with van der Waals surface area (Å²) in [5, 5.41) is 8.70. The summed E-state index contributed by atoms with van der Waals surface area (Å²) in [5.74, 6) is 0.896. The van der Waals surface area contributed by atoms with E-state index in [1.54, 1.807) is 0 Å². The monoisotopic (exact) mass is 409 g/mol. The SMILES string of the molecule is CCC(Oc1ccccc1)(n1nnc2ccccc21)[Si](C(C)C)(C(C)C)C(C)C. The summed E-state index contributed by atoms with van der Waals surface area (Å²) in [6.45, 7) is 16.5. The number of hydrogen-bond acceptors (Lipinski definition) is 3. The van der Waals surface area contributed by atoms with E-state index in [1.807, 2.05) is 30.3 Å². The van der Waals surface area contributed by atoms with Crippen LogP contribution >= 0.6 is 0 Å². The smallest absolute Gasteiger partial charge is 0.186 e. The van der Waals surface area contributed by atoms with Crippen LogP contribution in [0.4, 0.5) is 0 Å². The number of hydrogen-bond donors (Lipinski definition) is 0. The summed E-state index contributed by atoms with van der Waals surface area (Å²) in [6.07, 6.45) is 0.843. The predicted molar refractivity (Wildman–Crippen MR) is 124 cm³/mol. The van der Waals surface area contributed by atoms with E-state index in [0.717, 1.165) is 23.2 Å². The molecule has 3 rings (SSSR count). The van der Waals surface area contributed by atoms with Gasteiger partial charge in [0.2, 0.25) is 0 Å². The Labute approximate surface area is 176 Å². The number of fused-ring (bicyclic) bond motifs is 1. The van der Waals surface area contributed by atoms with Crippen molar-refractivity contribution >= 4 is 19.1 Å². The zero-order chi connectivity index (χ0) is 21.2. The van der Waals surface area contributed by atoms with Crippen LogP contribution in [0.15, 0.2) is 54.6 Å².